The molecule has 0 saturated carbocycles. The summed E-state index contributed by atoms with van der Waals surface area (Å²) in [5, 5.41) is 3.38. The highest BCUT2D eigenvalue weighted by Crippen LogP contribution is 2.17. The highest BCUT2D eigenvalue weighted by atomic mass is 32.2. The smallest absolute Gasteiger partial charge is 0.241 e. The van der Waals surface area contributed by atoms with Crippen molar-refractivity contribution in [3.05, 3.63) is 0 Å². The average Bonchev–Trinajstić information content (AvgIpc) is 2.57. The molecule has 1 aliphatic heterocycles. The van der Waals surface area contributed by atoms with Gasteiger partial charge in [0.2, 0.25) is 5.91 Å². The number of carbonyl (C=O) groups is 1. The first-order valence-corrected chi connectivity index (χ1v) is 8.19. The number of hydrogen-bond acceptors (Lipinski definition) is 3. The van der Waals surface area contributed by atoms with Crippen molar-refractivity contribution in [2.45, 2.75) is 51.7 Å². The molecule has 1 rings (SSSR count). The molecule has 0 aromatic carbocycles. The molecule has 0 aromatic heterocycles. The molecule has 17 heavy (non-hydrogen) atoms. The monoisotopic (exact) mass is 260 g/mol. The molecule has 1 aliphatic rings. The van der Waals surface area contributed by atoms with Crippen LogP contribution in [-0.2, 0) is 15.6 Å². The van der Waals surface area contributed by atoms with Crippen LogP contribution in [0.25, 0.3) is 0 Å². The number of rotatable bonds is 7. The summed E-state index contributed by atoms with van der Waals surface area (Å²) in [4.78, 5) is 14.1. The second-order valence-electron chi connectivity index (χ2n) is 4.59. The second kappa shape index (κ2) is 7.11. The van der Waals surface area contributed by atoms with Crippen LogP contribution in [0.5, 0.6) is 0 Å². The van der Waals surface area contributed by atoms with Gasteiger partial charge in [-0.2, -0.15) is 0 Å². The third-order valence-corrected chi connectivity index (χ3v) is 4.01. The maximum Gasteiger partial charge on any atom is 0.241 e. The van der Waals surface area contributed by atoms with E-state index >= 15 is 0 Å². The molecule has 1 N–H and O–H groups in total. The molecule has 4 nitrogen and oxygen atoms in total. The van der Waals surface area contributed by atoms with Crippen LogP contribution in [0.1, 0.15) is 39.5 Å². The fraction of sp³-hybridized carbons (Fsp3) is 0.917. The van der Waals surface area contributed by atoms with Gasteiger partial charge in [0, 0.05) is 29.4 Å². The van der Waals surface area contributed by atoms with E-state index in [1.807, 2.05) is 4.90 Å². The largest absolute Gasteiger partial charge is 0.326 e. The van der Waals surface area contributed by atoms with Gasteiger partial charge >= 0.3 is 0 Å². The summed E-state index contributed by atoms with van der Waals surface area (Å²) in [6.07, 6.45) is 5.57. The van der Waals surface area contributed by atoms with Crippen molar-refractivity contribution in [3.63, 3.8) is 0 Å². The molecule has 1 heterocycles. The first kappa shape index (κ1) is 14.6. The summed E-state index contributed by atoms with van der Waals surface area (Å²) in [6, 6.07) is -0.00271. The van der Waals surface area contributed by atoms with E-state index in [9.17, 15) is 9.00 Å². The van der Waals surface area contributed by atoms with E-state index in [2.05, 4.69) is 19.2 Å². The molecule has 0 aliphatic carbocycles. The van der Waals surface area contributed by atoms with Crippen molar-refractivity contribution in [1.29, 1.82) is 0 Å². The van der Waals surface area contributed by atoms with Gasteiger partial charge in [0.1, 0.15) is 0 Å². The van der Waals surface area contributed by atoms with Crippen LogP contribution in [0.2, 0.25) is 0 Å². The van der Waals surface area contributed by atoms with Gasteiger partial charge in [-0.1, -0.05) is 20.3 Å². The lowest BCUT2D eigenvalue weighted by molar-refractivity contribution is -0.130. The van der Waals surface area contributed by atoms with Gasteiger partial charge in [-0.3, -0.25) is 14.3 Å². The number of nitrogens with zero attached hydrogens (tertiary/aromatic N) is 1. The third-order valence-electron chi connectivity index (χ3n) is 3.15. The molecule has 5 heteroatoms. The number of amides is 1. The predicted octanol–water partition coefficient (Wildman–Crippen LogP) is 1.09. The van der Waals surface area contributed by atoms with Gasteiger partial charge in [0.05, 0.1) is 12.2 Å². The Morgan fingerprint density at radius 3 is 2.65 bits per heavy atom. The molecular formula is C12H24N2O2S. The molecule has 1 fully saturated rings. The van der Waals surface area contributed by atoms with Gasteiger partial charge in [-0.15, -0.1) is 0 Å². The van der Waals surface area contributed by atoms with Crippen molar-refractivity contribution in [3.8, 4) is 0 Å². The zero-order valence-electron chi connectivity index (χ0n) is 11.1. The molecule has 0 bridgehead atoms. The molecule has 0 aromatic rings. The molecule has 1 amide bonds. The minimum absolute atomic E-state index is 0.00271. The Hall–Kier alpha value is -0.420. The van der Waals surface area contributed by atoms with Gasteiger partial charge in [-0.05, 0) is 19.3 Å². The van der Waals surface area contributed by atoms with Crippen molar-refractivity contribution in [2.75, 3.05) is 18.6 Å². The van der Waals surface area contributed by atoms with Gasteiger partial charge < -0.3 is 4.90 Å². The summed E-state index contributed by atoms with van der Waals surface area (Å²) < 4.78 is 11.0. The van der Waals surface area contributed by atoms with Crippen molar-refractivity contribution in [1.82, 2.24) is 10.2 Å². The Morgan fingerprint density at radius 2 is 2.12 bits per heavy atom. The van der Waals surface area contributed by atoms with Crippen LogP contribution in [0.15, 0.2) is 0 Å². The van der Waals surface area contributed by atoms with E-state index in [1.54, 1.807) is 6.26 Å². The van der Waals surface area contributed by atoms with E-state index in [0.717, 1.165) is 32.2 Å². The quantitative estimate of drug-likeness (QED) is 0.745. The third kappa shape index (κ3) is 4.07. The molecule has 0 spiro atoms. The second-order valence-corrected chi connectivity index (χ2v) is 6.15. The summed E-state index contributed by atoms with van der Waals surface area (Å²) >= 11 is 0. The fourth-order valence-corrected chi connectivity index (χ4v) is 2.82. The Bertz CT molecular complexity index is 284. The Kier molecular flexibility index (Phi) is 6.12. The lowest BCUT2D eigenvalue weighted by Gasteiger charge is -2.22. The normalized spacial score (nSPS) is 26.5. The zero-order chi connectivity index (χ0) is 12.8. The molecular weight excluding hydrogens is 236 g/mol. The van der Waals surface area contributed by atoms with Crippen LogP contribution >= 0.6 is 0 Å². The maximum absolute atomic E-state index is 12.1. The number of hydrogen-bond donors (Lipinski definition) is 1. The van der Waals surface area contributed by atoms with Crippen molar-refractivity contribution < 1.29 is 9.00 Å². The summed E-state index contributed by atoms with van der Waals surface area (Å²) in [5.41, 5.74) is 0. The summed E-state index contributed by atoms with van der Waals surface area (Å²) in [7, 11) is -0.761. The van der Waals surface area contributed by atoms with Crippen LogP contribution in [-0.4, -0.2) is 45.8 Å². The average molecular weight is 260 g/mol. The number of nitrogens with one attached hydrogen (secondary N) is 1. The van der Waals surface area contributed by atoms with Crippen LogP contribution in [0.4, 0.5) is 0 Å². The fourth-order valence-electron chi connectivity index (χ4n) is 2.29. The van der Waals surface area contributed by atoms with Crippen molar-refractivity contribution >= 4 is 16.7 Å². The van der Waals surface area contributed by atoms with E-state index < -0.39 is 10.8 Å². The summed E-state index contributed by atoms with van der Waals surface area (Å²) in [6.45, 7) is 4.91. The van der Waals surface area contributed by atoms with Crippen molar-refractivity contribution in [2.24, 2.45) is 0 Å². The van der Waals surface area contributed by atoms with E-state index in [0.29, 0.717) is 5.75 Å². The zero-order valence-corrected chi connectivity index (χ0v) is 11.9. The van der Waals surface area contributed by atoms with Crippen LogP contribution in [0.3, 0.4) is 0 Å². The van der Waals surface area contributed by atoms with E-state index in [-0.39, 0.29) is 18.1 Å². The van der Waals surface area contributed by atoms with Gasteiger partial charge in [0.25, 0.3) is 0 Å². The minimum atomic E-state index is -0.761. The van der Waals surface area contributed by atoms with Crippen LogP contribution in [0, 0.1) is 0 Å². The SMILES string of the molecule is CCCC1NC(CC)N(CCCS(C)=O)C1=O. The molecule has 3 unspecified atom stereocenters. The minimum Gasteiger partial charge on any atom is -0.326 e. The Labute approximate surface area is 107 Å². The molecule has 0 radical (unpaired) electrons. The Morgan fingerprint density at radius 1 is 1.41 bits per heavy atom. The van der Waals surface area contributed by atoms with Gasteiger partial charge in [-0.25, -0.2) is 0 Å². The predicted molar refractivity (Wildman–Crippen MR) is 71.2 cm³/mol. The van der Waals surface area contributed by atoms with E-state index in [4.69, 9.17) is 0 Å². The highest BCUT2D eigenvalue weighted by Gasteiger charge is 2.36. The standard InChI is InChI=1S/C12H24N2O2S/c1-4-7-10-12(15)14(11(5-2)13-10)8-6-9-17(3)16/h10-11,13H,4-9H2,1-3H3. The molecule has 1 saturated heterocycles. The van der Waals surface area contributed by atoms with Gasteiger partial charge in [0.15, 0.2) is 0 Å². The molecule has 100 valence electrons. The highest BCUT2D eigenvalue weighted by molar-refractivity contribution is 7.84. The first-order valence-electron chi connectivity index (χ1n) is 6.46. The summed E-state index contributed by atoms with van der Waals surface area (Å²) in [5.74, 6) is 0.902. The number of carbonyl (C=O) groups excluding carboxylic acids is 1. The van der Waals surface area contributed by atoms with E-state index in [1.165, 1.54) is 0 Å². The Balaban J connectivity index is 2.50. The first-order chi connectivity index (χ1) is 8.10. The lowest BCUT2D eigenvalue weighted by Crippen LogP contribution is -2.37. The molecule has 3 atom stereocenters. The maximum atomic E-state index is 12.1. The lowest BCUT2D eigenvalue weighted by atomic mass is 10.2. The van der Waals surface area contributed by atoms with Crippen LogP contribution < -0.4 is 5.32 Å². The topological polar surface area (TPSA) is 49.4 Å².